The van der Waals surface area contributed by atoms with Gasteiger partial charge in [0.15, 0.2) is 0 Å². The van der Waals surface area contributed by atoms with Gasteiger partial charge in [0.1, 0.15) is 5.01 Å². The molecule has 0 saturated carbocycles. The summed E-state index contributed by atoms with van der Waals surface area (Å²) in [6.07, 6.45) is 4.04. The molecular formula is C19H24N4S. The molecule has 3 rings (SSSR count). The van der Waals surface area contributed by atoms with E-state index in [1.165, 1.54) is 11.1 Å². The molecule has 5 heteroatoms. The van der Waals surface area contributed by atoms with Gasteiger partial charge in [0, 0.05) is 29.2 Å². The SMILES string of the molecule is C[C@@H](NCc1cnn(C(C)(C)C)c1)c1nc(-c2ccccc2)cs1. The van der Waals surface area contributed by atoms with Gasteiger partial charge in [-0.1, -0.05) is 30.3 Å². The third-order valence-corrected chi connectivity index (χ3v) is 4.93. The maximum absolute atomic E-state index is 4.77. The van der Waals surface area contributed by atoms with E-state index in [-0.39, 0.29) is 11.6 Å². The van der Waals surface area contributed by atoms with Crippen LogP contribution < -0.4 is 5.32 Å². The van der Waals surface area contributed by atoms with Crippen LogP contribution in [0.5, 0.6) is 0 Å². The first-order chi connectivity index (χ1) is 11.4. The summed E-state index contributed by atoms with van der Waals surface area (Å²) in [5.74, 6) is 0. The Morgan fingerprint density at radius 1 is 1.21 bits per heavy atom. The Morgan fingerprint density at radius 2 is 1.96 bits per heavy atom. The van der Waals surface area contributed by atoms with E-state index in [4.69, 9.17) is 4.98 Å². The van der Waals surface area contributed by atoms with Crippen LogP contribution in [0.15, 0.2) is 48.1 Å². The number of nitrogens with zero attached hydrogens (tertiary/aromatic N) is 3. The third kappa shape index (κ3) is 3.91. The fourth-order valence-corrected chi connectivity index (χ4v) is 3.26. The lowest BCUT2D eigenvalue weighted by Crippen LogP contribution is -2.22. The van der Waals surface area contributed by atoms with E-state index >= 15 is 0 Å². The van der Waals surface area contributed by atoms with E-state index in [0.29, 0.717) is 0 Å². The maximum atomic E-state index is 4.77. The molecule has 0 fully saturated rings. The van der Waals surface area contributed by atoms with Crippen LogP contribution in [0.2, 0.25) is 0 Å². The zero-order valence-electron chi connectivity index (χ0n) is 14.7. The molecule has 0 amide bonds. The van der Waals surface area contributed by atoms with Gasteiger partial charge in [0.25, 0.3) is 0 Å². The van der Waals surface area contributed by atoms with Gasteiger partial charge in [-0.25, -0.2) is 4.98 Å². The normalized spacial score (nSPS) is 13.2. The summed E-state index contributed by atoms with van der Waals surface area (Å²) in [5, 5.41) is 11.2. The van der Waals surface area contributed by atoms with Gasteiger partial charge in [-0.15, -0.1) is 11.3 Å². The van der Waals surface area contributed by atoms with Crippen molar-refractivity contribution in [3.8, 4) is 11.3 Å². The molecular weight excluding hydrogens is 316 g/mol. The molecule has 0 saturated heterocycles. The summed E-state index contributed by atoms with van der Waals surface area (Å²) in [6.45, 7) is 9.40. The van der Waals surface area contributed by atoms with Gasteiger partial charge in [-0.3, -0.25) is 4.68 Å². The van der Waals surface area contributed by atoms with E-state index in [1.54, 1.807) is 11.3 Å². The van der Waals surface area contributed by atoms with Crippen LogP contribution in [0.4, 0.5) is 0 Å². The molecule has 1 atom stereocenters. The van der Waals surface area contributed by atoms with Crippen LogP contribution in [-0.2, 0) is 12.1 Å². The minimum atomic E-state index is 0.0176. The number of nitrogens with one attached hydrogen (secondary N) is 1. The molecule has 0 unspecified atom stereocenters. The average molecular weight is 340 g/mol. The fraction of sp³-hybridized carbons (Fsp3) is 0.368. The highest BCUT2D eigenvalue weighted by Gasteiger charge is 2.15. The lowest BCUT2D eigenvalue weighted by atomic mass is 10.1. The third-order valence-electron chi connectivity index (χ3n) is 3.90. The molecule has 0 spiro atoms. The van der Waals surface area contributed by atoms with Crippen LogP contribution in [0, 0.1) is 0 Å². The Labute approximate surface area is 147 Å². The minimum Gasteiger partial charge on any atom is -0.304 e. The highest BCUT2D eigenvalue weighted by Crippen LogP contribution is 2.25. The van der Waals surface area contributed by atoms with Gasteiger partial charge >= 0.3 is 0 Å². The smallest absolute Gasteiger partial charge is 0.110 e. The van der Waals surface area contributed by atoms with Gasteiger partial charge < -0.3 is 5.32 Å². The molecule has 1 aromatic carbocycles. The van der Waals surface area contributed by atoms with E-state index in [2.05, 4.69) is 61.8 Å². The van der Waals surface area contributed by atoms with E-state index < -0.39 is 0 Å². The molecule has 1 N–H and O–H groups in total. The monoisotopic (exact) mass is 340 g/mol. The standard InChI is InChI=1S/C19H24N4S/c1-14(20-10-15-11-21-23(12-15)19(2,3)4)18-22-17(13-24-18)16-8-6-5-7-9-16/h5-9,11-14,20H,10H2,1-4H3/t14-/m1/s1. The van der Waals surface area contributed by atoms with Gasteiger partial charge in [0.2, 0.25) is 0 Å². The number of benzene rings is 1. The summed E-state index contributed by atoms with van der Waals surface area (Å²) >= 11 is 1.70. The molecule has 3 aromatic rings. The Bertz CT molecular complexity index is 783. The van der Waals surface area contributed by atoms with Crippen LogP contribution in [0.1, 0.15) is 44.3 Å². The predicted molar refractivity (Wildman–Crippen MR) is 100 cm³/mol. The zero-order valence-corrected chi connectivity index (χ0v) is 15.5. The molecule has 24 heavy (non-hydrogen) atoms. The molecule has 2 heterocycles. The first-order valence-corrected chi connectivity index (χ1v) is 9.10. The predicted octanol–water partition coefficient (Wildman–Crippen LogP) is 4.61. The van der Waals surface area contributed by atoms with Crippen molar-refractivity contribution in [2.24, 2.45) is 0 Å². The Balaban J connectivity index is 1.62. The first-order valence-electron chi connectivity index (χ1n) is 8.22. The van der Waals surface area contributed by atoms with Crippen LogP contribution in [0.3, 0.4) is 0 Å². The Kier molecular flexibility index (Phi) is 4.83. The average Bonchev–Trinajstić information content (AvgIpc) is 3.22. The molecule has 2 aromatic heterocycles. The van der Waals surface area contributed by atoms with Crippen molar-refractivity contribution in [1.29, 1.82) is 0 Å². The number of rotatable bonds is 5. The molecule has 0 aliphatic heterocycles. The molecule has 0 aliphatic rings. The summed E-state index contributed by atoms with van der Waals surface area (Å²) in [5.41, 5.74) is 3.42. The minimum absolute atomic E-state index is 0.0176. The second kappa shape index (κ2) is 6.87. The number of hydrogen-bond donors (Lipinski definition) is 1. The van der Waals surface area contributed by atoms with Gasteiger partial charge in [-0.05, 0) is 27.7 Å². The van der Waals surface area contributed by atoms with Crippen LogP contribution >= 0.6 is 11.3 Å². The van der Waals surface area contributed by atoms with Gasteiger partial charge in [-0.2, -0.15) is 5.10 Å². The highest BCUT2D eigenvalue weighted by molar-refractivity contribution is 7.10. The lowest BCUT2D eigenvalue weighted by Gasteiger charge is -2.18. The van der Waals surface area contributed by atoms with E-state index in [1.807, 2.05) is 29.1 Å². The molecule has 0 bridgehead atoms. The van der Waals surface area contributed by atoms with Crippen molar-refractivity contribution in [1.82, 2.24) is 20.1 Å². The number of aromatic nitrogens is 3. The second-order valence-electron chi connectivity index (χ2n) is 7.00. The lowest BCUT2D eigenvalue weighted by molar-refractivity contribution is 0.355. The molecule has 4 nitrogen and oxygen atoms in total. The summed E-state index contributed by atoms with van der Waals surface area (Å²) in [7, 11) is 0. The molecule has 126 valence electrons. The van der Waals surface area contributed by atoms with Crippen LogP contribution in [-0.4, -0.2) is 14.8 Å². The maximum Gasteiger partial charge on any atom is 0.110 e. The van der Waals surface area contributed by atoms with Crippen molar-refractivity contribution < 1.29 is 0 Å². The van der Waals surface area contributed by atoms with Crippen molar-refractivity contribution in [3.05, 3.63) is 58.7 Å². The number of hydrogen-bond acceptors (Lipinski definition) is 4. The van der Waals surface area contributed by atoms with Crippen molar-refractivity contribution in [2.75, 3.05) is 0 Å². The van der Waals surface area contributed by atoms with E-state index in [0.717, 1.165) is 17.2 Å². The van der Waals surface area contributed by atoms with Crippen molar-refractivity contribution >= 4 is 11.3 Å². The Morgan fingerprint density at radius 3 is 2.62 bits per heavy atom. The largest absolute Gasteiger partial charge is 0.304 e. The van der Waals surface area contributed by atoms with Crippen molar-refractivity contribution in [2.45, 2.75) is 45.8 Å². The zero-order chi connectivity index (χ0) is 17.2. The van der Waals surface area contributed by atoms with Crippen molar-refractivity contribution in [3.63, 3.8) is 0 Å². The first kappa shape index (κ1) is 16.9. The highest BCUT2D eigenvalue weighted by atomic mass is 32.1. The van der Waals surface area contributed by atoms with E-state index in [9.17, 15) is 0 Å². The Hall–Kier alpha value is -1.98. The molecule has 0 aliphatic carbocycles. The second-order valence-corrected chi connectivity index (χ2v) is 7.89. The summed E-state index contributed by atoms with van der Waals surface area (Å²) in [4.78, 5) is 4.77. The number of thiazole rings is 1. The van der Waals surface area contributed by atoms with Crippen LogP contribution in [0.25, 0.3) is 11.3 Å². The van der Waals surface area contributed by atoms with Gasteiger partial charge in [0.05, 0.1) is 23.5 Å². The topological polar surface area (TPSA) is 42.7 Å². The summed E-state index contributed by atoms with van der Waals surface area (Å²) in [6, 6.07) is 10.5. The molecule has 0 radical (unpaired) electrons. The summed E-state index contributed by atoms with van der Waals surface area (Å²) < 4.78 is 2.01. The fourth-order valence-electron chi connectivity index (χ4n) is 2.40. The quantitative estimate of drug-likeness (QED) is 0.737.